The number of rotatable bonds is 6. The Bertz CT molecular complexity index is 790. The normalized spacial score (nSPS) is 17.9. The van der Waals surface area contributed by atoms with Crippen LogP contribution in [-0.4, -0.2) is 66.2 Å². The second-order valence-corrected chi connectivity index (χ2v) is 8.03. The number of likely N-dealkylation sites (N-methyl/N-ethyl adjacent to an activating group) is 1. The molecule has 0 radical (unpaired) electrons. The summed E-state index contributed by atoms with van der Waals surface area (Å²) >= 11 is 0. The van der Waals surface area contributed by atoms with Gasteiger partial charge in [-0.25, -0.2) is 4.68 Å². The summed E-state index contributed by atoms with van der Waals surface area (Å²) < 4.78 is 1.64. The molecule has 0 unspecified atom stereocenters. The number of carbonyl (C=O) groups excluding carboxylic acids is 1. The van der Waals surface area contributed by atoms with Gasteiger partial charge in [-0.3, -0.25) is 14.8 Å². The first-order valence-corrected chi connectivity index (χ1v) is 10.5. The highest BCUT2D eigenvalue weighted by Gasteiger charge is 2.21. The van der Waals surface area contributed by atoms with Crippen LogP contribution in [0.4, 0.5) is 0 Å². The lowest BCUT2D eigenvalue weighted by atomic mass is 9.96. The highest BCUT2D eigenvalue weighted by molar-refractivity contribution is 5.75. The van der Waals surface area contributed by atoms with Crippen LogP contribution >= 0.6 is 0 Å². The second kappa shape index (κ2) is 8.81. The lowest BCUT2D eigenvalue weighted by Crippen LogP contribution is -2.32. The van der Waals surface area contributed by atoms with E-state index >= 15 is 0 Å². The maximum atomic E-state index is 12.8. The van der Waals surface area contributed by atoms with Crippen molar-refractivity contribution in [3.63, 3.8) is 0 Å². The second-order valence-electron chi connectivity index (χ2n) is 8.03. The molecule has 4 rings (SSSR count). The van der Waals surface area contributed by atoms with Crippen LogP contribution in [0.3, 0.4) is 0 Å². The van der Waals surface area contributed by atoms with E-state index in [9.17, 15) is 4.79 Å². The van der Waals surface area contributed by atoms with Crippen LogP contribution < -0.4 is 0 Å². The Labute approximate surface area is 165 Å². The van der Waals surface area contributed by atoms with Crippen LogP contribution in [0.5, 0.6) is 0 Å². The molecule has 9 nitrogen and oxygen atoms in total. The summed E-state index contributed by atoms with van der Waals surface area (Å²) in [7, 11) is 1.82. The van der Waals surface area contributed by atoms with Crippen molar-refractivity contribution >= 4 is 5.91 Å². The van der Waals surface area contributed by atoms with Gasteiger partial charge < -0.3 is 4.90 Å². The molecule has 2 aromatic heterocycles. The largest absolute Gasteiger partial charge is 0.338 e. The van der Waals surface area contributed by atoms with Crippen molar-refractivity contribution in [1.29, 1.82) is 0 Å². The summed E-state index contributed by atoms with van der Waals surface area (Å²) in [5.41, 5.74) is 3.53. The van der Waals surface area contributed by atoms with Crippen molar-refractivity contribution in [3.8, 4) is 0 Å². The number of likely N-dealkylation sites (tertiary alicyclic amines) is 1. The Kier molecular flexibility index (Phi) is 5.99. The molecule has 2 aliphatic rings. The number of nitrogens with one attached hydrogen (secondary N) is 1. The summed E-state index contributed by atoms with van der Waals surface area (Å²) in [6, 6.07) is 0. The molecule has 3 heterocycles. The van der Waals surface area contributed by atoms with Crippen LogP contribution in [0.25, 0.3) is 0 Å². The minimum absolute atomic E-state index is 0.00280. The fraction of sp³-hybridized carbons (Fsp3) is 0.737. The monoisotopic (exact) mass is 386 g/mol. The molecule has 28 heavy (non-hydrogen) atoms. The molecule has 9 heteroatoms. The number of aromatic amines is 1. The Balaban J connectivity index is 1.36. The van der Waals surface area contributed by atoms with Gasteiger partial charge in [0.25, 0.3) is 0 Å². The van der Waals surface area contributed by atoms with E-state index in [1.807, 2.05) is 7.05 Å². The number of H-pyrrole nitrogens is 1. The van der Waals surface area contributed by atoms with E-state index in [2.05, 4.69) is 30.6 Å². The van der Waals surface area contributed by atoms with Gasteiger partial charge in [-0.1, -0.05) is 12.8 Å². The lowest BCUT2D eigenvalue weighted by Gasteiger charge is -2.20. The van der Waals surface area contributed by atoms with Crippen LogP contribution in [-0.2, 0) is 37.3 Å². The third-order valence-corrected chi connectivity index (χ3v) is 5.91. The maximum absolute atomic E-state index is 12.8. The number of aromatic nitrogens is 6. The van der Waals surface area contributed by atoms with Crippen LogP contribution in [0, 0.1) is 0 Å². The van der Waals surface area contributed by atoms with Gasteiger partial charge in [0.15, 0.2) is 5.82 Å². The molecule has 1 amide bonds. The topological polar surface area (TPSA) is 95.8 Å². The summed E-state index contributed by atoms with van der Waals surface area (Å²) in [4.78, 5) is 16.9. The summed E-state index contributed by atoms with van der Waals surface area (Å²) in [6.45, 7) is 3.54. The van der Waals surface area contributed by atoms with Crippen molar-refractivity contribution < 1.29 is 4.79 Å². The van der Waals surface area contributed by atoms with Gasteiger partial charge in [-0.2, -0.15) is 5.10 Å². The fourth-order valence-electron chi connectivity index (χ4n) is 4.20. The smallest absolute Gasteiger partial charge is 0.244 e. The van der Waals surface area contributed by atoms with Gasteiger partial charge in [0, 0.05) is 12.7 Å². The molecule has 1 N–H and O–H groups in total. The summed E-state index contributed by atoms with van der Waals surface area (Å²) in [6.07, 6.45) is 9.54. The summed E-state index contributed by atoms with van der Waals surface area (Å²) in [5.74, 6) is 0.762. The Morgan fingerprint density at radius 1 is 1.11 bits per heavy atom. The van der Waals surface area contributed by atoms with E-state index in [0.29, 0.717) is 13.1 Å². The van der Waals surface area contributed by atoms with Crippen molar-refractivity contribution in [2.75, 3.05) is 20.1 Å². The van der Waals surface area contributed by atoms with Gasteiger partial charge >= 0.3 is 0 Å². The number of aryl methyl sites for hydroxylation is 1. The Morgan fingerprint density at radius 2 is 1.89 bits per heavy atom. The molecule has 1 fully saturated rings. The van der Waals surface area contributed by atoms with Crippen molar-refractivity contribution in [1.82, 2.24) is 40.2 Å². The van der Waals surface area contributed by atoms with Crippen molar-refractivity contribution in [3.05, 3.63) is 22.8 Å². The van der Waals surface area contributed by atoms with Crippen LogP contribution in [0.1, 0.15) is 61.3 Å². The average molecular weight is 387 g/mol. The molecule has 2 aromatic rings. The van der Waals surface area contributed by atoms with E-state index in [1.54, 1.807) is 9.58 Å². The number of hydrogen-bond acceptors (Lipinski definition) is 6. The van der Waals surface area contributed by atoms with E-state index in [0.717, 1.165) is 37.4 Å². The number of amides is 1. The standard InChI is InChI=1S/C19H30N8O/c1-25(12-17-15-8-4-5-9-16(15)20-21-17)19(28)14-27-18(22-23-24-27)13-26-10-6-2-3-7-11-26/h2-14H2,1H3,(H,20,21). The molecule has 1 saturated heterocycles. The number of hydrogen-bond donors (Lipinski definition) is 1. The predicted octanol–water partition coefficient (Wildman–Crippen LogP) is 1.31. The molecule has 152 valence electrons. The van der Waals surface area contributed by atoms with Crippen molar-refractivity contribution in [2.24, 2.45) is 0 Å². The zero-order valence-corrected chi connectivity index (χ0v) is 16.7. The quantitative estimate of drug-likeness (QED) is 0.804. The van der Waals surface area contributed by atoms with Crippen LogP contribution in [0.2, 0.25) is 0 Å². The summed E-state index contributed by atoms with van der Waals surface area (Å²) in [5, 5.41) is 19.6. The Morgan fingerprint density at radius 3 is 2.71 bits per heavy atom. The zero-order chi connectivity index (χ0) is 19.3. The molecule has 1 aliphatic carbocycles. The number of carbonyl (C=O) groups is 1. The first kappa shape index (κ1) is 19.0. The SMILES string of the molecule is CN(Cc1n[nH]c2c1CCCC2)C(=O)Cn1nnnc1CN1CCCCCC1. The maximum Gasteiger partial charge on any atom is 0.244 e. The predicted molar refractivity (Wildman–Crippen MR) is 103 cm³/mol. The number of nitrogens with zero attached hydrogens (tertiary/aromatic N) is 7. The van der Waals surface area contributed by atoms with Gasteiger partial charge in [0.05, 0.1) is 18.8 Å². The van der Waals surface area contributed by atoms with Gasteiger partial charge in [0.2, 0.25) is 5.91 Å². The zero-order valence-electron chi connectivity index (χ0n) is 16.7. The highest BCUT2D eigenvalue weighted by atomic mass is 16.2. The molecular formula is C19H30N8O. The fourth-order valence-corrected chi connectivity index (χ4v) is 4.20. The molecule has 0 bridgehead atoms. The van der Waals surface area contributed by atoms with Gasteiger partial charge in [-0.05, 0) is 67.6 Å². The minimum atomic E-state index is -0.00280. The number of tetrazole rings is 1. The minimum Gasteiger partial charge on any atom is -0.338 e. The van der Waals surface area contributed by atoms with Crippen LogP contribution in [0.15, 0.2) is 0 Å². The first-order valence-electron chi connectivity index (χ1n) is 10.5. The Hall–Kier alpha value is -2.29. The van der Waals surface area contributed by atoms with E-state index in [4.69, 9.17) is 0 Å². The van der Waals surface area contributed by atoms with Gasteiger partial charge in [0.1, 0.15) is 6.54 Å². The lowest BCUT2D eigenvalue weighted by molar-refractivity contribution is -0.131. The average Bonchev–Trinajstić information content (AvgIpc) is 3.21. The third kappa shape index (κ3) is 4.40. The molecule has 0 saturated carbocycles. The molecular weight excluding hydrogens is 356 g/mol. The van der Waals surface area contributed by atoms with Gasteiger partial charge in [-0.15, -0.1) is 5.10 Å². The molecule has 1 aliphatic heterocycles. The first-order chi connectivity index (χ1) is 13.7. The molecule has 0 aromatic carbocycles. The molecule has 0 atom stereocenters. The highest BCUT2D eigenvalue weighted by Crippen LogP contribution is 2.23. The number of fused-ring (bicyclic) bond motifs is 1. The van der Waals surface area contributed by atoms with Crippen molar-refractivity contribution in [2.45, 2.75) is 71.0 Å². The van der Waals surface area contributed by atoms with E-state index < -0.39 is 0 Å². The van der Waals surface area contributed by atoms with E-state index in [-0.39, 0.29) is 12.5 Å². The van der Waals surface area contributed by atoms with E-state index in [1.165, 1.54) is 49.8 Å². The third-order valence-electron chi connectivity index (χ3n) is 5.91. The molecule has 0 spiro atoms.